The molecule has 0 bridgehead atoms. The molecule has 38 heavy (non-hydrogen) atoms. The van der Waals surface area contributed by atoms with Crippen LogP contribution in [0.5, 0.6) is 0 Å². The van der Waals surface area contributed by atoms with Crippen molar-refractivity contribution in [1.82, 2.24) is 20.1 Å². The Hall–Kier alpha value is -3.46. The quantitative estimate of drug-likeness (QED) is 0.289. The number of amides is 2. The number of nitrogens with zero attached hydrogens (tertiary/aromatic N) is 3. The lowest BCUT2D eigenvalue weighted by Gasteiger charge is -2.14. The van der Waals surface area contributed by atoms with Gasteiger partial charge in [0.15, 0.2) is 5.57 Å². The number of nitriles is 1. The molecular weight excluding hydrogens is 504 g/mol. The summed E-state index contributed by atoms with van der Waals surface area (Å²) in [5.74, 6) is -0.787. The first-order valence-corrected chi connectivity index (χ1v) is 13.9. The molecule has 0 saturated carbocycles. The Bertz CT molecular complexity index is 1330. The van der Waals surface area contributed by atoms with Crippen LogP contribution < -0.4 is 30.7 Å². The zero-order valence-electron chi connectivity index (χ0n) is 22.0. The highest BCUT2D eigenvalue weighted by molar-refractivity contribution is 7.07. The van der Waals surface area contributed by atoms with E-state index in [1.807, 2.05) is 13.0 Å². The van der Waals surface area contributed by atoms with E-state index in [0.29, 0.717) is 28.7 Å². The number of aromatic nitrogens is 1. The van der Waals surface area contributed by atoms with Crippen molar-refractivity contribution in [3.05, 3.63) is 49.4 Å². The lowest BCUT2D eigenvalue weighted by Crippen LogP contribution is -2.40. The van der Waals surface area contributed by atoms with E-state index in [9.17, 15) is 24.8 Å². The monoisotopic (exact) mass is 540 g/mol. The molecule has 1 atom stereocenters. The van der Waals surface area contributed by atoms with E-state index in [4.69, 9.17) is 0 Å². The summed E-state index contributed by atoms with van der Waals surface area (Å²) in [5.41, 5.74) is 0.627. The van der Waals surface area contributed by atoms with E-state index >= 15 is 0 Å². The van der Waals surface area contributed by atoms with Gasteiger partial charge in [-0.2, -0.15) is 5.26 Å². The minimum Gasteiger partial charge on any atom is -0.394 e. The van der Waals surface area contributed by atoms with Gasteiger partial charge in [-0.3, -0.25) is 19.0 Å². The smallest absolute Gasteiger partial charge is 0.270 e. The van der Waals surface area contributed by atoms with Gasteiger partial charge in [-0.1, -0.05) is 13.0 Å². The van der Waals surface area contributed by atoms with Gasteiger partial charge in [0, 0.05) is 30.5 Å². The summed E-state index contributed by atoms with van der Waals surface area (Å²) < 4.78 is 1.94. The van der Waals surface area contributed by atoms with Crippen molar-refractivity contribution in [2.24, 2.45) is 0 Å². The minimum atomic E-state index is -0.629. The fraction of sp³-hybridized carbons (Fsp3) is 0.481. The first-order valence-electron chi connectivity index (χ1n) is 13.0. The van der Waals surface area contributed by atoms with E-state index in [1.165, 1.54) is 23.6 Å². The van der Waals surface area contributed by atoms with E-state index in [2.05, 4.69) is 20.9 Å². The van der Waals surface area contributed by atoms with Crippen LogP contribution in [0.2, 0.25) is 0 Å². The number of rotatable bonds is 12. The lowest BCUT2D eigenvalue weighted by atomic mass is 10.2. The number of aliphatic hydroxyl groups is 1. The molecule has 11 heteroatoms. The van der Waals surface area contributed by atoms with Gasteiger partial charge in [0.05, 0.1) is 12.6 Å². The maximum absolute atomic E-state index is 13.0. The summed E-state index contributed by atoms with van der Waals surface area (Å²) >= 11 is 1.03. The average molecular weight is 541 g/mol. The molecule has 10 nitrogen and oxygen atoms in total. The fourth-order valence-corrected chi connectivity index (χ4v) is 5.32. The summed E-state index contributed by atoms with van der Waals surface area (Å²) in [6.07, 6.45) is 5.43. The third kappa shape index (κ3) is 7.54. The number of thiazole rings is 1. The fourth-order valence-electron chi connectivity index (χ4n) is 4.23. The Morgan fingerprint density at radius 1 is 1.26 bits per heavy atom. The highest BCUT2D eigenvalue weighted by atomic mass is 32.1. The second-order valence-electron chi connectivity index (χ2n) is 9.10. The molecule has 2 heterocycles. The van der Waals surface area contributed by atoms with Crippen LogP contribution in [0.3, 0.4) is 0 Å². The standard InChI is InChI=1S/C27H36N6O4S/c1-3-20(18-34)31-25(36)22(16-28)27-33(4-2)26(37)23(38-27)17-30-21-10-7-9-19(15-21)24(35)29-11-8-14-32-12-5-6-13-32/h7,9-10,15,17,20,30,34H,3-6,8,11-14,18H2,1-2H3,(H,29,35)(H,31,36)/t20-/m0/s1. The van der Waals surface area contributed by atoms with Crippen molar-refractivity contribution in [3.8, 4) is 6.07 Å². The number of carbonyl (C=O) groups excluding carboxylic acids is 2. The number of carbonyl (C=O) groups is 2. The topological polar surface area (TPSA) is 139 Å². The minimum absolute atomic E-state index is 0.158. The Kier molecular flexibility index (Phi) is 11.1. The van der Waals surface area contributed by atoms with Gasteiger partial charge in [0.2, 0.25) is 0 Å². The SMILES string of the molecule is CC[C@@H](CO)NC(=O)C(C#N)=c1sc(=CNc2cccc(C(=O)NCCCN3CCCC3)c2)c(=O)n1CC. The molecule has 204 valence electrons. The van der Waals surface area contributed by atoms with Gasteiger partial charge in [-0.15, -0.1) is 11.3 Å². The first kappa shape index (κ1) is 29.1. The molecular formula is C27H36N6O4S. The van der Waals surface area contributed by atoms with Crippen molar-refractivity contribution >= 4 is 40.6 Å². The highest BCUT2D eigenvalue weighted by Crippen LogP contribution is 2.11. The number of hydrogen-bond acceptors (Lipinski definition) is 8. The molecule has 3 rings (SSSR count). The largest absolute Gasteiger partial charge is 0.394 e. The van der Waals surface area contributed by atoms with Crippen LogP contribution in [0, 0.1) is 11.3 Å². The Morgan fingerprint density at radius 2 is 2.03 bits per heavy atom. The molecule has 4 N–H and O–H groups in total. The summed E-state index contributed by atoms with van der Waals surface area (Å²) in [5, 5.41) is 27.7. The molecule has 1 aromatic carbocycles. The summed E-state index contributed by atoms with van der Waals surface area (Å²) in [7, 11) is 0. The van der Waals surface area contributed by atoms with Crippen LogP contribution >= 0.6 is 11.3 Å². The molecule has 1 fully saturated rings. The van der Waals surface area contributed by atoms with E-state index in [-0.39, 0.29) is 34.9 Å². The van der Waals surface area contributed by atoms with Gasteiger partial charge in [-0.05, 0) is 70.4 Å². The third-order valence-electron chi connectivity index (χ3n) is 6.46. The summed E-state index contributed by atoms with van der Waals surface area (Å²) in [4.78, 5) is 40.7. The Balaban J connectivity index is 1.75. The average Bonchev–Trinajstić information content (AvgIpc) is 3.56. The maximum Gasteiger partial charge on any atom is 0.270 e. The number of hydrogen-bond donors (Lipinski definition) is 4. The van der Waals surface area contributed by atoms with Crippen LogP contribution in [0.4, 0.5) is 5.69 Å². The molecule has 0 spiro atoms. The molecule has 0 unspecified atom stereocenters. The predicted molar refractivity (Wildman–Crippen MR) is 149 cm³/mol. The molecule has 1 aliphatic rings. The van der Waals surface area contributed by atoms with Crippen LogP contribution in [0.1, 0.15) is 49.9 Å². The Labute approximate surface area is 226 Å². The van der Waals surface area contributed by atoms with Crippen molar-refractivity contribution < 1.29 is 14.7 Å². The van der Waals surface area contributed by atoms with E-state index in [0.717, 1.165) is 37.4 Å². The second kappa shape index (κ2) is 14.5. The van der Waals surface area contributed by atoms with Gasteiger partial charge >= 0.3 is 0 Å². The predicted octanol–water partition coefficient (Wildman–Crippen LogP) is 0.557. The van der Waals surface area contributed by atoms with Crippen LogP contribution in [-0.2, 0) is 11.3 Å². The number of aliphatic hydroxyl groups excluding tert-OH is 1. The van der Waals surface area contributed by atoms with Crippen molar-refractivity contribution in [2.75, 3.05) is 38.1 Å². The van der Waals surface area contributed by atoms with Gasteiger partial charge in [-0.25, -0.2) is 0 Å². The van der Waals surface area contributed by atoms with Crippen molar-refractivity contribution in [2.45, 2.75) is 52.1 Å². The van der Waals surface area contributed by atoms with Crippen molar-refractivity contribution in [3.63, 3.8) is 0 Å². The lowest BCUT2D eigenvalue weighted by molar-refractivity contribution is -0.116. The maximum atomic E-state index is 13.0. The zero-order valence-corrected chi connectivity index (χ0v) is 22.8. The molecule has 0 aliphatic carbocycles. The molecule has 1 aromatic heterocycles. The van der Waals surface area contributed by atoms with Crippen LogP contribution in [0.15, 0.2) is 29.1 Å². The molecule has 2 aromatic rings. The number of likely N-dealkylation sites (tertiary alicyclic amines) is 1. The first-order chi connectivity index (χ1) is 18.4. The molecule has 1 aliphatic heterocycles. The van der Waals surface area contributed by atoms with Crippen molar-refractivity contribution in [1.29, 1.82) is 5.26 Å². The number of nitrogens with one attached hydrogen (secondary N) is 3. The normalized spacial score (nSPS) is 15.6. The Morgan fingerprint density at radius 3 is 2.68 bits per heavy atom. The van der Waals surface area contributed by atoms with Crippen LogP contribution in [0.25, 0.3) is 11.8 Å². The third-order valence-corrected chi connectivity index (χ3v) is 7.59. The van der Waals surface area contributed by atoms with Gasteiger partial charge in [0.25, 0.3) is 17.4 Å². The van der Waals surface area contributed by atoms with E-state index in [1.54, 1.807) is 31.2 Å². The molecule has 2 amide bonds. The van der Waals surface area contributed by atoms with E-state index < -0.39 is 11.9 Å². The molecule has 0 radical (unpaired) electrons. The zero-order chi connectivity index (χ0) is 27.5. The summed E-state index contributed by atoms with van der Waals surface area (Å²) in [6, 6.07) is 8.42. The number of anilines is 1. The van der Waals surface area contributed by atoms with Gasteiger partial charge in [0.1, 0.15) is 15.3 Å². The summed E-state index contributed by atoms with van der Waals surface area (Å²) in [6.45, 7) is 7.48. The van der Waals surface area contributed by atoms with Gasteiger partial charge < -0.3 is 26.0 Å². The second-order valence-corrected chi connectivity index (χ2v) is 10.1. The highest BCUT2D eigenvalue weighted by Gasteiger charge is 2.18. The van der Waals surface area contributed by atoms with Crippen LogP contribution in [-0.4, -0.2) is 65.2 Å². The number of benzene rings is 1. The molecule has 1 saturated heterocycles.